The van der Waals surface area contributed by atoms with Gasteiger partial charge in [-0.25, -0.2) is 4.98 Å². The Balaban J connectivity index is 1.86. The zero-order valence-electron chi connectivity index (χ0n) is 10.1. The third kappa shape index (κ3) is 1.49. The van der Waals surface area contributed by atoms with Crippen LogP contribution in [0.1, 0.15) is 50.4 Å². The van der Waals surface area contributed by atoms with Crippen LogP contribution in [0.5, 0.6) is 0 Å². The second kappa shape index (κ2) is 3.88. The molecule has 1 spiro atoms. The summed E-state index contributed by atoms with van der Waals surface area (Å²) in [5.41, 5.74) is 2.89. The van der Waals surface area contributed by atoms with Gasteiger partial charge in [-0.1, -0.05) is 13.3 Å². The summed E-state index contributed by atoms with van der Waals surface area (Å²) < 4.78 is 0. The fraction of sp³-hybridized carbons (Fsp3) is 0.769. The minimum atomic E-state index is 0.208. The summed E-state index contributed by atoms with van der Waals surface area (Å²) >= 11 is 0. The van der Waals surface area contributed by atoms with Gasteiger partial charge in [-0.15, -0.1) is 0 Å². The van der Waals surface area contributed by atoms with Crippen LogP contribution in [0.25, 0.3) is 0 Å². The maximum absolute atomic E-state index is 4.57. The van der Waals surface area contributed by atoms with Gasteiger partial charge in [-0.05, 0) is 31.6 Å². The van der Waals surface area contributed by atoms with Crippen LogP contribution in [0.15, 0.2) is 6.33 Å². The lowest BCUT2D eigenvalue weighted by Gasteiger charge is -2.42. The topological polar surface area (TPSA) is 40.7 Å². The van der Waals surface area contributed by atoms with E-state index in [4.69, 9.17) is 0 Å². The standard InChI is InChI=1S/C13H21N3/c1-2-10-3-6-13(7-4-10)12-11(5-8-16-13)14-9-15-12/h9-10,16H,2-8H2,1H3,(H,14,15). The van der Waals surface area contributed by atoms with E-state index in [1.54, 1.807) is 0 Å². The van der Waals surface area contributed by atoms with Gasteiger partial charge in [0.05, 0.1) is 17.6 Å². The molecule has 88 valence electrons. The number of hydrogen-bond acceptors (Lipinski definition) is 2. The highest BCUT2D eigenvalue weighted by Crippen LogP contribution is 2.42. The first-order chi connectivity index (χ1) is 7.84. The predicted molar refractivity (Wildman–Crippen MR) is 64.2 cm³/mol. The second-order valence-electron chi connectivity index (χ2n) is 5.34. The Hall–Kier alpha value is -0.830. The lowest BCUT2D eigenvalue weighted by Crippen LogP contribution is -2.49. The van der Waals surface area contributed by atoms with Crippen molar-refractivity contribution in [1.82, 2.24) is 15.3 Å². The van der Waals surface area contributed by atoms with Crippen molar-refractivity contribution >= 4 is 0 Å². The average Bonchev–Trinajstić information content (AvgIpc) is 2.80. The molecule has 0 radical (unpaired) electrons. The summed E-state index contributed by atoms with van der Waals surface area (Å²) in [6, 6.07) is 0. The van der Waals surface area contributed by atoms with Crippen LogP contribution in [-0.2, 0) is 12.0 Å². The fourth-order valence-corrected chi connectivity index (χ4v) is 3.43. The lowest BCUT2D eigenvalue weighted by molar-refractivity contribution is 0.173. The smallest absolute Gasteiger partial charge is 0.0926 e. The number of H-pyrrole nitrogens is 1. The molecule has 2 aliphatic rings. The van der Waals surface area contributed by atoms with E-state index in [2.05, 4.69) is 22.2 Å². The number of fused-ring (bicyclic) bond motifs is 2. The number of nitrogens with one attached hydrogen (secondary N) is 2. The van der Waals surface area contributed by atoms with Crippen molar-refractivity contribution in [3.8, 4) is 0 Å². The van der Waals surface area contributed by atoms with Crippen LogP contribution in [0.2, 0.25) is 0 Å². The quantitative estimate of drug-likeness (QED) is 0.761. The fourth-order valence-electron chi connectivity index (χ4n) is 3.43. The highest BCUT2D eigenvalue weighted by atomic mass is 15.1. The van der Waals surface area contributed by atoms with Gasteiger partial charge in [-0.2, -0.15) is 0 Å². The molecule has 1 aliphatic carbocycles. The molecule has 0 saturated heterocycles. The van der Waals surface area contributed by atoms with Crippen LogP contribution in [0.3, 0.4) is 0 Å². The van der Waals surface area contributed by atoms with E-state index in [0.29, 0.717) is 0 Å². The predicted octanol–water partition coefficient (Wildman–Crippen LogP) is 2.35. The van der Waals surface area contributed by atoms with Gasteiger partial charge < -0.3 is 10.3 Å². The largest absolute Gasteiger partial charge is 0.348 e. The molecule has 0 bridgehead atoms. The van der Waals surface area contributed by atoms with Crippen LogP contribution in [-0.4, -0.2) is 16.5 Å². The molecule has 2 N–H and O–H groups in total. The molecule has 1 aromatic heterocycles. The van der Waals surface area contributed by atoms with Gasteiger partial charge in [-0.3, -0.25) is 0 Å². The van der Waals surface area contributed by atoms with Crippen molar-refractivity contribution in [3.05, 3.63) is 17.7 Å². The van der Waals surface area contributed by atoms with E-state index < -0.39 is 0 Å². The third-order valence-corrected chi connectivity index (χ3v) is 4.55. The summed E-state index contributed by atoms with van der Waals surface area (Å²) in [6.07, 6.45) is 9.56. The zero-order chi connectivity index (χ0) is 11.0. The molecule has 16 heavy (non-hydrogen) atoms. The number of imidazole rings is 1. The molecule has 3 heteroatoms. The molecule has 1 fully saturated rings. The minimum Gasteiger partial charge on any atom is -0.348 e. The van der Waals surface area contributed by atoms with Crippen molar-refractivity contribution in [2.24, 2.45) is 5.92 Å². The molecule has 1 aromatic rings. The molecule has 1 saturated carbocycles. The van der Waals surface area contributed by atoms with E-state index in [1.807, 2.05) is 6.33 Å². The van der Waals surface area contributed by atoms with Crippen molar-refractivity contribution in [2.45, 2.75) is 51.0 Å². The summed E-state index contributed by atoms with van der Waals surface area (Å²) in [5.74, 6) is 0.941. The highest BCUT2D eigenvalue weighted by molar-refractivity contribution is 5.25. The van der Waals surface area contributed by atoms with Gasteiger partial charge in [0.1, 0.15) is 0 Å². The van der Waals surface area contributed by atoms with Crippen molar-refractivity contribution in [1.29, 1.82) is 0 Å². The Morgan fingerprint density at radius 2 is 2.25 bits per heavy atom. The summed E-state index contributed by atoms with van der Waals surface area (Å²) in [7, 11) is 0. The van der Waals surface area contributed by atoms with Crippen LogP contribution in [0.4, 0.5) is 0 Å². The van der Waals surface area contributed by atoms with E-state index >= 15 is 0 Å². The normalized spacial score (nSPS) is 33.9. The minimum absolute atomic E-state index is 0.208. The van der Waals surface area contributed by atoms with Gasteiger partial charge in [0.25, 0.3) is 0 Å². The summed E-state index contributed by atoms with van der Waals surface area (Å²) in [4.78, 5) is 7.87. The van der Waals surface area contributed by atoms with E-state index in [-0.39, 0.29) is 5.54 Å². The first kappa shape index (κ1) is 10.3. The lowest BCUT2D eigenvalue weighted by atomic mass is 9.72. The molecule has 0 atom stereocenters. The Morgan fingerprint density at radius 1 is 1.44 bits per heavy atom. The van der Waals surface area contributed by atoms with Gasteiger partial charge in [0.15, 0.2) is 0 Å². The number of nitrogens with zero attached hydrogens (tertiary/aromatic N) is 1. The number of aromatic amines is 1. The molecule has 3 rings (SSSR count). The van der Waals surface area contributed by atoms with Gasteiger partial charge in [0, 0.05) is 18.7 Å². The first-order valence-electron chi connectivity index (χ1n) is 6.62. The zero-order valence-corrected chi connectivity index (χ0v) is 10.1. The molecule has 2 heterocycles. The SMILES string of the molecule is CCC1CCC2(CC1)NCCc1[nH]cnc12. The molecule has 3 nitrogen and oxygen atoms in total. The molecular weight excluding hydrogens is 198 g/mol. The molecule has 0 amide bonds. The van der Waals surface area contributed by atoms with Crippen molar-refractivity contribution < 1.29 is 0 Å². The van der Waals surface area contributed by atoms with E-state index in [1.165, 1.54) is 43.5 Å². The molecular formula is C13H21N3. The number of rotatable bonds is 1. The molecule has 0 unspecified atom stereocenters. The van der Waals surface area contributed by atoms with Gasteiger partial charge in [0.2, 0.25) is 0 Å². The third-order valence-electron chi connectivity index (χ3n) is 4.55. The number of aromatic nitrogens is 2. The Kier molecular flexibility index (Phi) is 2.51. The maximum atomic E-state index is 4.57. The molecule has 1 aliphatic heterocycles. The summed E-state index contributed by atoms with van der Waals surface area (Å²) in [6.45, 7) is 3.42. The van der Waals surface area contributed by atoms with Gasteiger partial charge >= 0.3 is 0 Å². The first-order valence-corrected chi connectivity index (χ1v) is 6.62. The molecule has 0 aromatic carbocycles. The Morgan fingerprint density at radius 3 is 3.00 bits per heavy atom. The maximum Gasteiger partial charge on any atom is 0.0926 e. The number of hydrogen-bond donors (Lipinski definition) is 2. The van der Waals surface area contributed by atoms with Crippen molar-refractivity contribution in [2.75, 3.05) is 6.54 Å². The Labute approximate surface area is 97.0 Å². The van der Waals surface area contributed by atoms with Crippen molar-refractivity contribution in [3.63, 3.8) is 0 Å². The highest BCUT2D eigenvalue weighted by Gasteiger charge is 2.41. The van der Waals surface area contributed by atoms with Crippen LogP contribution < -0.4 is 5.32 Å². The van der Waals surface area contributed by atoms with Crippen LogP contribution in [0, 0.1) is 5.92 Å². The van der Waals surface area contributed by atoms with E-state index in [9.17, 15) is 0 Å². The summed E-state index contributed by atoms with van der Waals surface area (Å²) in [5, 5.41) is 3.74. The Bertz CT molecular complexity index is 361. The second-order valence-corrected chi connectivity index (χ2v) is 5.34. The van der Waals surface area contributed by atoms with Crippen LogP contribution >= 0.6 is 0 Å². The monoisotopic (exact) mass is 219 g/mol. The average molecular weight is 219 g/mol. The van der Waals surface area contributed by atoms with E-state index in [0.717, 1.165) is 18.9 Å².